The monoisotopic (exact) mass is 333 g/mol. The number of benzene rings is 1. The molecule has 5 heteroatoms. The van der Waals surface area contributed by atoms with Gasteiger partial charge < -0.3 is 15.2 Å². The molecule has 0 bridgehead atoms. The van der Waals surface area contributed by atoms with Crippen LogP contribution in [0.5, 0.6) is 0 Å². The second kappa shape index (κ2) is 7.43. The standard InChI is InChI=1S/C18H23NO3S/c1-12(13-6-8-22-9-7-13)18(21)19-11-15(20)17-10-14-4-2-3-5-16(14)23-17/h2-5,10,12-13,15,20H,6-9,11H2,1H3,(H,19,21). The molecule has 1 fully saturated rings. The summed E-state index contributed by atoms with van der Waals surface area (Å²) >= 11 is 1.58. The first-order valence-electron chi connectivity index (χ1n) is 8.17. The van der Waals surface area contributed by atoms with Crippen LogP contribution in [0.4, 0.5) is 0 Å². The van der Waals surface area contributed by atoms with Crippen molar-refractivity contribution in [3.63, 3.8) is 0 Å². The summed E-state index contributed by atoms with van der Waals surface area (Å²) in [6.07, 6.45) is 1.22. The van der Waals surface area contributed by atoms with Crippen molar-refractivity contribution in [3.05, 3.63) is 35.2 Å². The molecule has 124 valence electrons. The summed E-state index contributed by atoms with van der Waals surface area (Å²) in [4.78, 5) is 13.2. The van der Waals surface area contributed by atoms with Crippen molar-refractivity contribution in [1.29, 1.82) is 0 Å². The molecule has 23 heavy (non-hydrogen) atoms. The maximum atomic E-state index is 12.3. The summed E-state index contributed by atoms with van der Waals surface area (Å²) in [5.41, 5.74) is 0. The summed E-state index contributed by atoms with van der Waals surface area (Å²) in [6.45, 7) is 3.72. The number of carbonyl (C=O) groups excluding carboxylic acids is 1. The molecule has 1 aliphatic heterocycles. The van der Waals surface area contributed by atoms with Gasteiger partial charge in [-0.15, -0.1) is 11.3 Å². The fraction of sp³-hybridized carbons (Fsp3) is 0.500. The van der Waals surface area contributed by atoms with Crippen LogP contribution in [0.15, 0.2) is 30.3 Å². The third-order valence-electron chi connectivity index (χ3n) is 4.63. The minimum absolute atomic E-state index is 0.0251. The number of hydrogen-bond acceptors (Lipinski definition) is 4. The third-order valence-corrected chi connectivity index (χ3v) is 5.85. The van der Waals surface area contributed by atoms with E-state index in [2.05, 4.69) is 5.32 Å². The number of nitrogens with one attached hydrogen (secondary N) is 1. The molecule has 2 unspecified atom stereocenters. The van der Waals surface area contributed by atoms with E-state index in [0.717, 1.165) is 41.0 Å². The van der Waals surface area contributed by atoms with E-state index in [1.165, 1.54) is 0 Å². The lowest BCUT2D eigenvalue weighted by Crippen LogP contribution is -2.37. The summed E-state index contributed by atoms with van der Waals surface area (Å²) < 4.78 is 6.50. The minimum Gasteiger partial charge on any atom is -0.386 e. The zero-order valence-corrected chi connectivity index (χ0v) is 14.1. The Morgan fingerprint density at radius 3 is 2.87 bits per heavy atom. The van der Waals surface area contributed by atoms with Gasteiger partial charge in [0.25, 0.3) is 0 Å². The summed E-state index contributed by atoms with van der Waals surface area (Å²) in [5.74, 6) is 0.371. The van der Waals surface area contributed by atoms with Crippen LogP contribution >= 0.6 is 11.3 Å². The predicted octanol–water partition coefficient (Wildman–Crippen LogP) is 3.11. The number of ether oxygens (including phenoxy) is 1. The first kappa shape index (κ1) is 16.4. The number of aliphatic hydroxyl groups is 1. The second-order valence-corrected chi connectivity index (χ2v) is 7.30. The Labute approximate surface area is 140 Å². The summed E-state index contributed by atoms with van der Waals surface area (Å²) in [5, 5.41) is 14.4. The van der Waals surface area contributed by atoms with Crippen LogP contribution in [0.25, 0.3) is 10.1 Å². The molecular weight excluding hydrogens is 310 g/mol. The van der Waals surface area contributed by atoms with Gasteiger partial charge in [0.1, 0.15) is 6.10 Å². The van der Waals surface area contributed by atoms with Crippen molar-refractivity contribution in [2.45, 2.75) is 25.9 Å². The first-order chi connectivity index (χ1) is 11.1. The smallest absolute Gasteiger partial charge is 0.223 e. The van der Waals surface area contributed by atoms with Crippen molar-refractivity contribution < 1.29 is 14.6 Å². The highest BCUT2D eigenvalue weighted by Crippen LogP contribution is 2.29. The van der Waals surface area contributed by atoms with E-state index in [4.69, 9.17) is 4.74 Å². The molecule has 2 atom stereocenters. The van der Waals surface area contributed by atoms with Gasteiger partial charge >= 0.3 is 0 Å². The van der Waals surface area contributed by atoms with Gasteiger partial charge in [0.2, 0.25) is 5.91 Å². The number of rotatable bonds is 5. The molecule has 3 rings (SSSR count). The van der Waals surface area contributed by atoms with E-state index in [0.29, 0.717) is 5.92 Å². The first-order valence-corrected chi connectivity index (χ1v) is 8.99. The number of hydrogen-bond donors (Lipinski definition) is 2. The molecule has 0 aliphatic carbocycles. The highest BCUT2D eigenvalue weighted by atomic mass is 32.1. The molecule has 4 nitrogen and oxygen atoms in total. The SMILES string of the molecule is CC(C(=O)NCC(O)c1cc2ccccc2s1)C1CCOCC1. The van der Waals surface area contributed by atoms with Gasteiger partial charge in [-0.25, -0.2) is 0 Å². The highest BCUT2D eigenvalue weighted by molar-refractivity contribution is 7.19. The average molecular weight is 333 g/mol. The Balaban J connectivity index is 1.55. The molecule has 0 spiro atoms. The minimum atomic E-state index is -0.654. The van der Waals surface area contributed by atoms with Gasteiger partial charge in [-0.2, -0.15) is 0 Å². The van der Waals surface area contributed by atoms with Crippen LogP contribution in [0.3, 0.4) is 0 Å². The van der Waals surface area contributed by atoms with E-state index in [1.54, 1.807) is 11.3 Å². The molecule has 1 saturated heterocycles. The molecule has 1 amide bonds. The number of carbonyl (C=O) groups is 1. The summed E-state index contributed by atoms with van der Waals surface area (Å²) in [7, 11) is 0. The quantitative estimate of drug-likeness (QED) is 0.884. The van der Waals surface area contributed by atoms with Crippen molar-refractivity contribution in [2.75, 3.05) is 19.8 Å². The molecule has 2 heterocycles. The Morgan fingerprint density at radius 2 is 2.13 bits per heavy atom. The van der Waals surface area contributed by atoms with Crippen LogP contribution in [0.1, 0.15) is 30.7 Å². The summed E-state index contributed by atoms with van der Waals surface area (Å²) in [6, 6.07) is 10.1. The lowest BCUT2D eigenvalue weighted by atomic mass is 9.87. The zero-order chi connectivity index (χ0) is 16.2. The molecule has 1 aromatic heterocycles. The van der Waals surface area contributed by atoms with Gasteiger partial charge in [0.05, 0.1) is 0 Å². The molecule has 0 radical (unpaired) electrons. The lowest BCUT2D eigenvalue weighted by Gasteiger charge is -2.27. The van der Waals surface area contributed by atoms with E-state index in [9.17, 15) is 9.90 Å². The number of amides is 1. The lowest BCUT2D eigenvalue weighted by molar-refractivity contribution is -0.127. The largest absolute Gasteiger partial charge is 0.386 e. The number of aliphatic hydroxyl groups excluding tert-OH is 1. The van der Waals surface area contributed by atoms with Gasteiger partial charge in [-0.05, 0) is 36.3 Å². The normalized spacial score (nSPS) is 18.7. The van der Waals surface area contributed by atoms with E-state index >= 15 is 0 Å². The Morgan fingerprint density at radius 1 is 1.39 bits per heavy atom. The van der Waals surface area contributed by atoms with Crippen molar-refractivity contribution >= 4 is 27.3 Å². The van der Waals surface area contributed by atoms with Crippen LogP contribution in [0, 0.1) is 11.8 Å². The Kier molecular flexibility index (Phi) is 5.30. The second-order valence-electron chi connectivity index (χ2n) is 6.19. The van der Waals surface area contributed by atoms with E-state index in [1.807, 2.05) is 37.3 Å². The maximum absolute atomic E-state index is 12.3. The van der Waals surface area contributed by atoms with Crippen molar-refractivity contribution in [3.8, 4) is 0 Å². The predicted molar refractivity (Wildman–Crippen MR) is 92.5 cm³/mol. The van der Waals surface area contributed by atoms with E-state index in [-0.39, 0.29) is 18.4 Å². The molecule has 1 aromatic carbocycles. The topological polar surface area (TPSA) is 58.6 Å². The van der Waals surface area contributed by atoms with Gasteiger partial charge in [-0.1, -0.05) is 25.1 Å². The van der Waals surface area contributed by atoms with Gasteiger partial charge in [0, 0.05) is 35.3 Å². The maximum Gasteiger partial charge on any atom is 0.223 e. The van der Waals surface area contributed by atoms with E-state index < -0.39 is 6.10 Å². The van der Waals surface area contributed by atoms with Crippen LogP contribution in [0.2, 0.25) is 0 Å². The third kappa shape index (κ3) is 3.91. The molecule has 0 saturated carbocycles. The molecular formula is C18H23NO3S. The molecule has 2 aromatic rings. The van der Waals surface area contributed by atoms with Gasteiger partial charge in [0.15, 0.2) is 0 Å². The number of fused-ring (bicyclic) bond motifs is 1. The fourth-order valence-corrected chi connectivity index (χ4v) is 4.11. The zero-order valence-electron chi connectivity index (χ0n) is 13.3. The Bertz CT molecular complexity index is 630. The molecule has 1 aliphatic rings. The van der Waals surface area contributed by atoms with Crippen LogP contribution in [-0.2, 0) is 9.53 Å². The molecule has 2 N–H and O–H groups in total. The Hall–Kier alpha value is -1.43. The van der Waals surface area contributed by atoms with Crippen LogP contribution < -0.4 is 5.32 Å². The van der Waals surface area contributed by atoms with Crippen LogP contribution in [-0.4, -0.2) is 30.8 Å². The fourth-order valence-electron chi connectivity index (χ4n) is 3.06. The van der Waals surface area contributed by atoms with Gasteiger partial charge in [-0.3, -0.25) is 4.79 Å². The highest BCUT2D eigenvalue weighted by Gasteiger charge is 2.26. The van der Waals surface area contributed by atoms with Crippen molar-refractivity contribution in [2.24, 2.45) is 11.8 Å². The van der Waals surface area contributed by atoms with Crippen molar-refractivity contribution in [1.82, 2.24) is 5.32 Å². The number of thiophene rings is 1. The average Bonchev–Trinajstić information content (AvgIpc) is 3.03.